The molecule has 2 rings (SSSR count). The smallest absolute Gasteiger partial charge is 0.317 e. The lowest BCUT2D eigenvalue weighted by atomic mass is 10.2. The van der Waals surface area contributed by atoms with E-state index < -0.39 is 0 Å². The summed E-state index contributed by atoms with van der Waals surface area (Å²) in [7, 11) is 0. The summed E-state index contributed by atoms with van der Waals surface area (Å²) < 4.78 is 0. The minimum absolute atomic E-state index is 0.0265. The van der Waals surface area contributed by atoms with E-state index in [0.717, 1.165) is 5.56 Å². The van der Waals surface area contributed by atoms with Gasteiger partial charge < -0.3 is 15.5 Å². The van der Waals surface area contributed by atoms with Crippen molar-refractivity contribution in [3.05, 3.63) is 34.9 Å². The Morgan fingerprint density at radius 2 is 1.83 bits per heavy atom. The first-order valence-electron chi connectivity index (χ1n) is 8.31. The van der Waals surface area contributed by atoms with Crippen molar-refractivity contribution < 1.29 is 9.59 Å². The van der Waals surface area contributed by atoms with Gasteiger partial charge in [0.25, 0.3) is 0 Å². The second-order valence-corrected chi connectivity index (χ2v) is 6.25. The van der Waals surface area contributed by atoms with E-state index >= 15 is 0 Å². The molecule has 0 saturated carbocycles. The standard InChI is InChI=1S/C17H25ClN4O2/c1-3-19-17(24)22-10-8-21(9-11-22)13(2)16(23)20-12-14-6-4-5-7-15(14)18/h4-7,13H,3,8-12H2,1-2H3,(H,19,24)(H,20,23). The predicted octanol–water partition coefficient (Wildman–Crippen LogP) is 1.69. The number of hydrogen-bond acceptors (Lipinski definition) is 3. The Balaban J connectivity index is 1.80. The third-order valence-corrected chi connectivity index (χ3v) is 4.64. The number of benzene rings is 1. The number of piperazine rings is 1. The van der Waals surface area contributed by atoms with E-state index in [-0.39, 0.29) is 18.0 Å². The van der Waals surface area contributed by atoms with E-state index in [1.54, 1.807) is 4.90 Å². The lowest BCUT2D eigenvalue weighted by Gasteiger charge is -2.37. The van der Waals surface area contributed by atoms with Gasteiger partial charge in [-0.05, 0) is 25.5 Å². The Bertz CT molecular complexity index is 573. The third-order valence-electron chi connectivity index (χ3n) is 4.27. The molecule has 0 bridgehead atoms. The zero-order valence-corrected chi connectivity index (χ0v) is 15.0. The average Bonchev–Trinajstić information content (AvgIpc) is 2.60. The first kappa shape index (κ1) is 18.5. The maximum atomic E-state index is 12.4. The molecular formula is C17H25ClN4O2. The van der Waals surface area contributed by atoms with Crippen molar-refractivity contribution >= 4 is 23.5 Å². The minimum atomic E-state index is -0.233. The van der Waals surface area contributed by atoms with Gasteiger partial charge in [-0.25, -0.2) is 4.79 Å². The molecule has 1 saturated heterocycles. The molecule has 1 unspecified atom stereocenters. The Morgan fingerprint density at radius 1 is 1.17 bits per heavy atom. The van der Waals surface area contributed by atoms with Crippen LogP contribution >= 0.6 is 11.6 Å². The van der Waals surface area contributed by atoms with Gasteiger partial charge in [-0.15, -0.1) is 0 Å². The fourth-order valence-electron chi connectivity index (χ4n) is 2.71. The molecule has 1 aromatic carbocycles. The summed E-state index contributed by atoms with van der Waals surface area (Å²) >= 11 is 6.10. The van der Waals surface area contributed by atoms with Crippen molar-refractivity contribution in [3.8, 4) is 0 Å². The molecule has 24 heavy (non-hydrogen) atoms. The van der Waals surface area contributed by atoms with Crippen LogP contribution in [0.15, 0.2) is 24.3 Å². The third kappa shape index (κ3) is 4.85. The van der Waals surface area contributed by atoms with Gasteiger partial charge in [-0.3, -0.25) is 9.69 Å². The number of halogens is 1. The zero-order chi connectivity index (χ0) is 17.5. The molecule has 1 fully saturated rings. The summed E-state index contributed by atoms with van der Waals surface area (Å²) in [6.07, 6.45) is 0. The molecule has 1 aromatic rings. The van der Waals surface area contributed by atoms with Crippen LogP contribution in [0.1, 0.15) is 19.4 Å². The molecule has 6 nitrogen and oxygen atoms in total. The van der Waals surface area contributed by atoms with Crippen LogP contribution in [0.4, 0.5) is 4.79 Å². The maximum Gasteiger partial charge on any atom is 0.317 e. The number of carbonyl (C=O) groups excluding carboxylic acids is 2. The summed E-state index contributed by atoms with van der Waals surface area (Å²) in [5.74, 6) is -0.0265. The van der Waals surface area contributed by atoms with Crippen LogP contribution in [0, 0.1) is 0 Å². The number of rotatable bonds is 5. The molecular weight excluding hydrogens is 328 g/mol. The van der Waals surface area contributed by atoms with Crippen LogP contribution in [0.3, 0.4) is 0 Å². The van der Waals surface area contributed by atoms with Crippen molar-refractivity contribution in [3.63, 3.8) is 0 Å². The summed E-state index contributed by atoms with van der Waals surface area (Å²) in [6, 6.07) is 7.21. The van der Waals surface area contributed by atoms with Crippen molar-refractivity contribution in [2.24, 2.45) is 0 Å². The van der Waals surface area contributed by atoms with Crippen molar-refractivity contribution in [1.29, 1.82) is 0 Å². The molecule has 0 spiro atoms. The van der Waals surface area contributed by atoms with Gasteiger partial charge in [-0.1, -0.05) is 29.8 Å². The molecule has 0 aromatic heterocycles. The van der Waals surface area contributed by atoms with Gasteiger partial charge in [0.05, 0.1) is 6.04 Å². The summed E-state index contributed by atoms with van der Waals surface area (Å²) in [6.45, 7) is 7.49. The van der Waals surface area contributed by atoms with Crippen molar-refractivity contribution in [2.75, 3.05) is 32.7 Å². The molecule has 0 radical (unpaired) electrons. The largest absolute Gasteiger partial charge is 0.351 e. The van der Waals surface area contributed by atoms with Gasteiger partial charge in [-0.2, -0.15) is 0 Å². The second-order valence-electron chi connectivity index (χ2n) is 5.84. The van der Waals surface area contributed by atoms with Crippen LogP contribution in [-0.2, 0) is 11.3 Å². The molecule has 2 N–H and O–H groups in total. The minimum Gasteiger partial charge on any atom is -0.351 e. The molecule has 7 heteroatoms. The Kier molecular flexibility index (Phi) is 6.87. The summed E-state index contributed by atoms with van der Waals surface area (Å²) in [5.41, 5.74) is 0.903. The highest BCUT2D eigenvalue weighted by Gasteiger charge is 2.27. The lowest BCUT2D eigenvalue weighted by Crippen LogP contribution is -2.56. The lowest BCUT2D eigenvalue weighted by molar-refractivity contribution is -0.126. The molecule has 1 aliphatic rings. The van der Waals surface area contributed by atoms with Gasteiger partial charge in [0.2, 0.25) is 5.91 Å². The first-order chi connectivity index (χ1) is 11.5. The maximum absolute atomic E-state index is 12.4. The average molecular weight is 353 g/mol. The summed E-state index contributed by atoms with van der Waals surface area (Å²) in [4.78, 5) is 28.0. The number of carbonyl (C=O) groups is 2. The van der Waals surface area contributed by atoms with Crippen LogP contribution in [0.5, 0.6) is 0 Å². The number of nitrogens with zero attached hydrogens (tertiary/aromatic N) is 2. The van der Waals surface area contributed by atoms with E-state index in [1.165, 1.54) is 0 Å². The molecule has 1 heterocycles. The molecule has 3 amide bonds. The Labute approximate surface area is 148 Å². The molecule has 1 atom stereocenters. The SMILES string of the molecule is CCNC(=O)N1CCN(C(C)C(=O)NCc2ccccc2Cl)CC1. The van der Waals surface area contributed by atoms with Crippen LogP contribution < -0.4 is 10.6 Å². The fraction of sp³-hybridized carbons (Fsp3) is 0.529. The van der Waals surface area contributed by atoms with Gasteiger partial charge in [0, 0.05) is 44.3 Å². The number of urea groups is 1. The number of hydrogen-bond donors (Lipinski definition) is 2. The zero-order valence-electron chi connectivity index (χ0n) is 14.2. The predicted molar refractivity (Wildman–Crippen MR) is 95.0 cm³/mol. The highest BCUT2D eigenvalue weighted by atomic mass is 35.5. The topological polar surface area (TPSA) is 64.7 Å². The van der Waals surface area contributed by atoms with Crippen LogP contribution in [0.2, 0.25) is 5.02 Å². The van der Waals surface area contributed by atoms with E-state index in [0.29, 0.717) is 44.3 Å². The van der Waals surface area contributed by atoms with Crippen LogP contribution in [-0.4, -0.2) is 60.5 Å². The molecule has 1 aliphatic heterocycles. The van der Waals surface area contributed by atoms with Gasteiger partial charge >= 0.3 is 6.03 Å². The van der Waals surface area contributed by atoms with E-state index in [1.807, 2.05) is 38.1 Å². The summed E-state index contributed by atoms with van der Waals surface area (Å²) in [5, 5.41) is 6.39. The second kappa shape index (κ2) is 8.89. The fourth-order valence-corrected chi connectivity index (χ4v) is 2.92. The normalized spacial score (nSPS) is 16.5. The quantitative estimate of drug-likeness (QED) is 0.847. The monoisotopic (exact) mass is 352 g/mol. The van der Waals surface area contributed by atoms with Crippen LogP contribution in [0.25, 0.3) is 0 Å². The number of nitrogens with one attached hydrogen (secondary N) is 2. The Hall–Kier alpha value is -1.79. The number of amides is 3. The molecule has 0 aliphatic carbocycles. The highest BCUT2D eigenvalue weighted by Crippen LogP contribution is 2.14. The first-order valence-corrected chi connectivity index (χ1v) is 8.68. The molecule has 132 valence electrons. The van der Waals surface area contributed by atoms with E-state index in [9.17, 15) is 9.59 Å². The highest BCUT2D eigenvalue weighted by molar-refractivity contribution is 6.31. The Morgan fingerprint density at radius 3 is 2.46 bits per heavy atom. The van der Waals surface area contributed by atoms with Gasteiger partial charge in [0.1, 0.15) is 0 Å². The van der Waals surface area contributed by atoms with E-state index in [2.05, 4.69) is 15.5 Å². The van der Waals surface area contributed by atoms with Crippen molar-refractivity contribution in [1.82, 2.24) is 20.4 Å². The van der Waals surface area contributed by atoms with E-state index in [4.69, 9.17) is 11.6 Å². The van der Waals surface area contributed by atoms with Gasteiger partial charge in [0.15, 0.2) is 0 Å². The van der Waals surface area contributed by atoms with Crippen molar-refractivity contribution in [2.45, 2.75) is 26.4 Å².